The number of aromatic nitrogens is 2. The predicted octanol–water partition coefficient (Wildman–Crippen LogP) is 3.10. The fourth-order valence-electron chi connectivity index (χ4n) is 1.79. The molecule has 0 atom stereocenters. The Kier molecular flexibility index (Phi) is 4.18. The highest BCUT2D eigenvalue weighted by atomic mass is 19.1. The van der Waals surface area contributed by atoms with E-state index in [-0.39, 0.29) is 17.6 Å². The van der Waals surface area contributed by atoms with Crippen LogP contribution in [-0.4, -0.2) is 15.3 Å². The molecular formula is C15H19F2N3. The van der Waals surface area contributed by atoms with Crippen molar-refractivity contribution in [2.45, 2.75) is 39.4 Å². The highest BCUT2D eigenvalue weighted by Gasteiger charge is 2.11. The van der Waals surface area contributed by atoms with Gasteiger partial charge in [0, 0.05) is 23.8 Å². The molecule has 0 radical (unpaired) electrons. The summed E-state index contributed by atoms with van der Waals surface area (Å²) in [5, 5.41) is 7.63. The van der Waals surface area contributed by atoms with Crippen molar-refractivity contribution in [3.63, 3.8) is 0 Å². The number of halogens is 2. The first kappa shape index (κ1) is 14.7. The molecule has 108 valence electrons. The van der Waals surface area contributed by atoms with Crippen LogP contribution in [0.3, 0.4) is 0 Å². The third-order valence-electron chi connectivity index (χ3n) is 2.88. The van der Waals surface area contributed by atoms with E-state index in [1.165, 1.54) is 18.2 Å². The molecule has 5 heteroatoms. The Morgan fingerprint density at radius 3 is 2.40 bits per heavy atom. The molecule has 20 heavy (non-hydrogen) atoms. The molecule has 0 spiro atoms. The van der Waals surface area contributed by atoms with Crippen LogP contribution >= 0.6 is 0 Å². The van der Waals surface area contributed by atoms with E-state index in [0.717, 1.165) is 5.69 Å². The fraction of sp³-hybridized carbons (Fsp3) is 0.400. The fourth-order valence-corrected chi connectivity index (χ4v) is 1.79. The lowest BCUT2D eigenvalue weighted by Crippen LogP contribution is -2.35. The van der Waals surface area contributed by atoms with Gasteiger partial charge in [-0.15, -0.1) is 0 Å². The van der Waals surface area contributed by atoms with Crippen LogP contribution in [0.5, 0.6) is 0 Å². The average Bonchev–Trinajstić information content (AvgIpc) is 2.79. The number of benzene rings is 1. The molecule has 1 aromatic heterocycles. The summed E-state index contributed by atoms with van der Waals surface area (Å²) in [5.41, 5.74) is 0.879. The standard InChI is InChI=1S/C15H19F2N3/c1-15(2,3)18-9-11-7-8-20(19-11)10-12-13(16)5-4-6-14(12)17/h4-8,18H,9-10H2,1-3H3. The maximum absolute atomic E-state index is 13.6. The first-order valence-electron chi connectivity index (χ1n) is 6.55. The lowest BCUT2D eigenvalue weighted by molar-refractivity contribution is 0.419. The van der Waals surface area contributed by atoms with Crippen molar-refractivity contribution in [3.05, 3.63) is 53.4 Å². The predicted molar refractivity (Wildman–Crippen MR) is 74.3 cm³/mol. The van der Waals surface area contributed by atoms with Crippen LogP contribution < -0.4 is 5.32 Å². The van der Waals surface area contributed by atoms with Crippen molar-refractivity contribution in [2.75, 3.05) is 0 Å². The molecule has 0 bridgehead atoms. The Morgan fingerprint density at radius 1 is 1.15 bits per heavy atom. The van der Waals surface area contributed by atoms with Gasteiger partial charge >= 0.3 is 0 Å². The minimum Gasteiger partial charge on any atom is -0.306 e. The van der Waals surface area contributed by atoms with Crippen molar-refractivity contribution in [3.8, 4) is 0 Å². The summed E-state index contributed by atoms with van der Waals surface area (Å²) in [6, 6.07) is 5.71. The average molecular weight is 279 g/mol. The van der Waals surface area contributed by atoms with Crippen molar-refractivity contribution in [1.29, 1.82) is 0 Å². The van der Waals surface area contributed by atoms with Crippen molar-refractivity contribution >= 4 is 0 Å². The molecule has 0 aliphatic heterocycles. The van der Waals surface area contributed by atoms with Gasteiger partial charge in [-0.25, -0.2) is 8.78 Å². The van der Waals surface area contributed by atoms with Crippen LogP contribution in [0, 0.1) is 11.6 Å². The summed E-state index contributed by atoms with van der Waals surface area (Å²) < 4.78 is 28.7. The molecule has 0 unspecified atom stereocenters. The summed E-state index contributed by atoms with van der Waals surface area (Å²) in [7, 11) is 0. The quantitative estimate of drug-likeness (QED) is 0.932. The van der Waals surface area contributed by atoms with Gasteiger partial charge in [-0.1, -0.05) is 6.07 Å². The minimum absolute atomic E-state index is 0.00142. The Morgan fingerprint density at radius 2 is 1.80 bits per heavy atom. The van der Waals surface area contributed by atoms with Gasteiger partial charge in [-0.05, 0) is 39.0 Å². The van der Waals surface area contributed by atoms with E-state index in [2.05, 4.69) is 31.2 Å². The molecule has 1 heterocycles. The zero-order valence-corrected chi connectivity index (χ0v) is 12.0. The maximum Gasteiger partial charge on any atom is 0.131 e. The van der Waals surface area contributed by atoms with E-state index >= 15 is 0 Å². The van der Waals surface area contributed by atoms with Crippen molar-refractivity contribution in [2.24, 2.45) is 0 Å². The van der Waals surface area contributed by atoms with Gasteiger partial charge in [0.1, 0.15) is 11.6 Å². The second kappa shape index (κ2) is 5.71. The summed E-state index contributed by atoms with van der Waals surface area (Å²) in [5.74, 6) is -1.09. The van der Waals surface area contributed by atoms with Crippen LogP contribution in [0.1, 0.15) is 32.0 Å². The van der Waals surface area contributed by atoms with Crippen LogP contribution in [0.15, 0.2) is 30.5 Å². The first-order chi connectivity index (χ1) is 9.35. The third kappa shape index (κ3) is 3.87. The molecule has 0 saturated carbocycles. The second-order valence-electron chi connectivity index (χ2n) is 5.81. The molecule has 3 nitrogen and oxygen atoms in total. The molecule has 0 amide bonds. The van der Waals surface area contributed by atoms with E-state index < -0.39 is 11.6 Å². The summed E-state index contributed by atoms with van der Waals surface area (Å²) in [4.78, 5) is 0. The van der Waals surface area contributed by atoms with E-state index in [1.807, 2.05) is 6.07 Å². The first-order valence-corrected chi connectivity index (χ1v) is 6.55. The van der Waals surface area contributed by atoms with Gasteiger partial charge in [0.2, 0.25) is 0 Å². The van der Waals surface area contributed by atoms with Crippen molar-refractivity contribution in [1.82, 2.24) is 15.1 Å². The summed E-state index contributed by atoms with van der Waals surface area (Å²) in [6.45, 7) is 6.92. The lowest BCUT2D eigenvalue weighted by Gasteiger charge is -2.19. The van der Waals surface area contributed by atoms with Gasteiger partial charge in [0.15, 0.2) is 0 Å². The number of hydrogen-bond donors (Lipinski definition) is 1. The van der Waals surface area contributed by atoms with Gasteiger partial charge in [0.25, 0.3) is 0 Å². The summed E-state index contributed by atoms with van der Waals surface area (Å²) >= 11 is 0. The molecule has 1 N–H and O–H groups in total. The van der Waals surface area contributed by atoms with E-state index in [1.54, 1.807) is 10.9 Å². The van der Waals surface area contributed by atoms with Crippen LogP contribution in [0.4, 0.5) is 8.78 Å². The van der Waals surface area contributed by atoms with Gasteiger partial charge in [-0.3, -0.25) is 4.68 Å². The lowest BCUT2D eigenvalue weighted by atomic mass is 10.1. The Labute approximate surface area is 117 Å². The zero-order chi connectivity index (χ0) is 14.8. The number of hydrogen-bond acceptors (Lipinski definition) is 2. The topological polar surface area (TPSA) is 29.9 Å². The van der Waals surface area contributed by atoms with Crippen LogP contribution in [0.25, 0.3) is 0 Å². The Balaban J connectivity index is 2.06. The third-order valence-corrected chi connectivity index (χ3v) is 2.88. The molecule has 0 fully saturated rings. The molecule has 0 aliphatic rings. The molecule has 0 aliphatic carbocycles. The molecule has 2 rings (SSSR count). The number of nitrogens with zero attached hydrogens (tertiary/aromatic N) is 2. The highest BCUT2D eigenvalue weighted by Crippen LogP contribution is 2.13. The van der Waals surface area contributed by atoms with Crippen LogP contribution in [0.2, 0.25) is 0 Å². The molecule has 1 aromatic carbocycles. The van der Waals surface area contributed by atoms with Crippen LogP contribution in [-0.2, 0) is 13.1 Å². The normalized spacial score (nSPS) is 11.8. The largest absolute Gasteiger partial charge is 0.306 e. The monoisotopic (exact) mass is 279 g/mol. The Hall–Kier alpha value is -1.75. The number of nitrogens with one attached hydrogen (secondary N) is 1. The summed E-state index contributed by atoms with van der Waals surface area (Å²) in [6.07, 6.45) is 1.73. The van der Waals surface area contributed by atoms with E-state index in [4.69, 9.17) is 0 Å². The van der Waals surface area contributed by atoms with Crippen molar-refractivity contribution < 1.29 is 8.78 Å². The Bertz CT molecular complexity index is 565. The molecular weight excluding hydrogens is 260 g/mol. The van der Waals surface area contributed by atoms with Gasteiger partial charge in [0.05, 0.1) is 12.2 Å². The second-order valence-corrected chi connectivity index (χ2v) is 5.81. The van der Waals surface area contributed by atoms with Gasteiger partial charge in [-0.2, -0.15) is 5.10 Å². The van der Waals surface area contributed by atoms with E-state index in [9.17, 15) is 8.78 Å². The SMILES string of the molecule is CC(C)(C)NCc1ccn(Cc2c(F)cccc2F)n1. The molecule has 2 aromatic rings. The minimum atomic E-state index is -0.546. The van der Waals surface area contributed by atoms with Gasteiger partial charge < -0.3 is 5.32 Å². The zero-order valence-electron chi connectivity index (χ0n) is 12.0. The smallest absolute Gasteiger partial charge is 0.131 e. The van der Waals surface area contributed by atoms with E-state index in [0.29, 0.717) is 6.54 Å². The number of rotatable bonds is 4. The molecule has 0 saturated heterocycles. The highest BCUT2D eigenvalue weighted by molar-refractivity contribution is 5.20. The maximum atomic E-state index is 13.6.